The minimum atomic E-state index is -2.17. The van der Waals surface area contributed by atoms with Gasteiger partial charge in [0, 0.05) is 23.0 Å². The molecule has 8 rings (SSSR count). The third kappa shape index (κ3) is 4.33. The van der Waals surface area contributed by atoms with Crippen molar-refractivity contribution in [3.63, 3.8) is 0 Å². The van der Waals surface area contributed by atoms with Crippen molar-refractivity contribution < 1.29 is 22.0 Å². The first kappa shape index (κ1) is 28.9. The monoisotopic (exact) mass is 628 g/mol. The fourth-order valence-corrected chi connectivity index (χ4v) is 6.94. The number of hydrogen-bond acceptors (Lipinski definition) is 2. The summed E-state index contributed by atoms with van der Waals surface area (Å²) in [6.07, 6.45) is 3.57. The van der Waals surface area contributed by atoms with Crippen molar-refractivity contribution >= 4 is 38.6 Å². The van der Waals surface area contributed by atoms with Gasteiger partial charge in [0.25, 0.3) is 0 Å². The number of para-hydroxylation sites is 1. The van der Waals surface area contributed by atoms with Crippen molar-refractivity contribution in [3.8, 4) is 22.3 Å². The molecule has 1 heterocycles. The molecular formula is C40H25F5N2. The second-order valence-corrected chi connectivity index (χ2v) is 12.3. The summed E-state index contributed by atoms with van der Waals surface area (Å²) in [5.41, 5.74) is 5.06. The van der Waals surface area contributed by atoms with E-state index in [0.717, 1.165) is 55.5 Å². The number of pyridine rings is 1. The molecule has 0 atom stereocenters. The molecule has 0 radical (unpaired) electrons. The first-order valence-electron chi connectivity index (χ1n) is 15.1. The normalized spacial score (nSPS) is 13.2. The van der Waals surface area contributed by atoms with Gasteiger partial charge >= 0.3 is 0 Å². The van der Waals surface area contributed by atoms with Gasteiger partial charge in [0.15, 0.2) is 23.3 Å². The van der Waals surface area contributed by atoms with Gasteiger partial charge in [-0.05, 0) is 110 Å². The summed E-state index contributed by atoms with van der Waals surface area (Å²) >= 11 is 0. The van der Waals surface area contributed by atoms with Crippen LogP contribution in [0.5, 0.6) is 0 Å². The molecule has 1 aromatic heterocycles. The molecule has 47 heavy (non-hydrogen) atoms. The van der Waals surface area contributed by atoms with Crippen LogP contribution in [0.2, 0.25) is 0 Å². The Hall–Kier alpha value is -5.56. The van der Waals surface area contributed by atoms with Crippen LogP contribution in [-0.2, 0) is 5.41 Å². The van der Waals surface area contributed by atoms with Crippen LogP contribution in [-0.4, -0.2) is 4.98 Å². The Morgan fingerprint density at radius 2 is 1.04 bits per heavy atom. The fraction of sp³-hybridized carbons (Fsp3) is 0.0750. The number of halogens is 5. The van der Waals surface area contributed by atoms with Crippen molar-refractivity contribution in [3.05, 3.63) is 156 Å². The summed E-state index contributed by atoms with van der Waals surface area (Å²) in [5.74, 6) is -9.79. The second-order valence-electron chi connectivity index (χ2n) is 12.3. The van der Waals surface area contributed by atoms with Crippen LogP contribution < -0.4 is 4.90 Å². The standard InChI is InChI=1S/C40H25F5N2/c1-40(2)30-19-25(22-12-14-28(15-13-22)47(27-7-4-3-5-8-27)29-9-6-16-46-21-29)17-23-10-11-24-18-26(20-31(40)33(24)32(23)30)34-35(41)37(43)39(45)38(44)36(34)42/h3-21H,1-2H3. The average Bonchev–Trinajstić information content (AvgIpc) is 3.33. The van der Waals surface area contributed by atoms with E-state index in [1.54, 1.807) is 12.3 Å². The number of nitrogens with zero attached hydrogens (tertiary/aromatic N) is 2. The van der Waals surface area contributed by atoms with E-state index < -0.39 is 40.1 Å². The summed E-state index contributed by atoms with van der Waals surface area (Å²) < 4.78 is 72.0. The molecular weight excluding hydrogens is 603 g/mol. The Morgan fingerprint density at radius 1 is 0.511 bits per heavy atom. The summed E-state index contributed by atoms with van der Waals surface area (Å²) in [6, 6.07) is 33.3. The zero-order valence-electron chi connectivity index (χ0n) is 25.3. The summed E-state index contributed by atoms with van der Waals surface area (Å²) in [7, 11) is 0. The minimum absolute atomic E-state index is 0.0621. The van der Waals surface area contributed by atoms with E-state index >= 15 is 0 Å². The fourth-order valence-electron chi connectivity index (χ4n) is 6.94. The van der Waals surface area contributed by atoms with Crippen molar-refractivity contribution in [1.29, 1.82) is 0 Å². The lowest BCUT2D eigenvalue weighted by Gasteiger charge is -2.25. The van der Waals surface area contributed by atoms with Gasteiger partial charge in [0.05, 0.1) is 17.4 Å². The number of hydrogen-bond donors (Lipinski definition) is 0. The lowest BCUT2D eigenvalue weighted by molar-refractivity contribution is 0.381. The topological polar surface area (TPSA) is 16.1 Å². The van der Waals surface area contributed by atoms with Gasteiger partial charge in [-0.25, -0.2) is 22.0 Å². The SMILES string of the molecule is CC1(C)c2cc(-c3ccc(N(c4ccccc4)c4cccnc4)cc3)cc3ccc4cc(-c5c(F)c(F)c(F)c(F)c5F)cc1c4c23. The lowest BCUT2D eigenvalue weighted by Crippen LogP contribution is -2.15. The average molecular weight is 629 g/mol. The molecule has 0 N–H and O–H groups in total. The second kappa shape index (κ2) is 10.5. The van der Waals surface area contributed by atoms with E-state index in [9.17, 15) is 22.0 Å². The van der Waals surface area contributed by atoms with E-state index in [1.807, 2.05) is 74.6 Å². The maximum atomic E-state index is 14.9. The van der Waals surface area contributed by atoms with Crippen molar-refractivity contribution in [1.82, 2.24) is 4.98 Å². The summed E-state index contributed by atoms with van der Waals surface area (Å²) in [6.45, 7) is 4.02. The third-order valence-corrected chi connectivity index (χ3v) is 9.25. The van der Waals surface area contributed by atoms with Crippen LogP contribution in [0.3, 0.4) is 0 Å². The molecule has 7 aromatic rings. The van der Waals surface area contributed by atoms with Crippen molar-refractivity contribution in [2.24, 2.45) is 0 Å². The van der Waals surface area contributed by atoms with Crippen LogP contribution in [0.4, 0.5) is 39.0 Å². The number of anilines is 3. The van der Waals surface area contributed by atoms with Gasteiger partial charge in [0.1, 0.15) is 0 Å². The molecule has 6 aromatic carbocycles. The Balaban J connectivity index is 1.23. The molecule has 1 aliphatic carbocycles. The van der Waals surface area contributed by atoms with E-state index in [0.29, 0.717) is 5.39 Å². The van der Waals surface area contributed by atoms with E-state index in [1.165, 1.54) is 6.07 Å². The Morgan fingerprint density at radius 3 is 1.64 bits per heavy atom. The molecule has 0 amide bonds. The van der Waals surface area contributed by atoms with Gasteiger partial charge < -0.3 is 4.90 Å². The van der Waals surface area contributed by atoms with Crippen molar-refractivity contribution in [2.75, 3.05) is 4.90 Å². The number of aromatic nitrogens is 1. The molecule has 7 heteroatoms. The zero-order valence-corrected chi connectivity index (χ0v) is 25.3. The number of benzene rings is 6. The van der Waals surface area contributed by atoms with Crippen LogP contribution >= 0.6 is 0 Å². The quantitative estimate of drug-likeness (QED) is 0.0816. The maximum Gasteiger partial charge on any atom is 0.200 e. The predicted molar refractivity (Wildman–Crippen MR) is 177 cm³/mol. The largest absolute Gasteiger partial charge is 0.309 e. The molecule has 0 saturated heterocycles. The molecule has 0 fully saturated rings. The van der Waals surface area contributed by atoms with E-state index in [2.05, 4.69) is 46.3 Å². The van der Waals surface area contributed by atoms with Gasteiger partial charge in [-0.2, -0.15) is 0 Å². The Labute approximate surface area is 267 Å². The zero-order chi connectivity index (χ0) is 32.6. The van der Waals surface area contributed by atoms with Crippen LogP contribution in [0.1, 0.15) is 25.0 Å². The Kier molecular flexibility index (Phi) is 6.45. The van der Waals surface area contributed by atoms with Crippen LogP contribution in [0, 0.1) is 29.1 Å². The van der Waals surface area contributed by atoms with E-state index in [4.69, 9.17) is 0 Å². The highest BCUT2D eigenvalue weighted by Gasteiger charge is 2.36. The molecule has 0 aliphatic heterocycles. The first-order chi connectivity index (χ1) is 22.6. The highest BCUT2D eigenvalue weighted by Crippen LogP contribution is 2.51. The Bertz CT molecular complexity index is 2300. The summed E-state index contributed by atoms with van der Waals surface area (Å²) in [4.78, 5) is 6.45. The molecule has 230 valence electrons. The smallest absolute Gasteiger partial charge is 0.200 e. The van der Waals surface area contributed by atoms with Crippen LogP contribution in [0.15, 0.2) is 116 Å². The van der Waals surface area contributed by atoms with Crippen LogP contribution in [0.25, 0.3) is 43.8 Å². The third-order valence-electron chi connectivity index (χ3n) is 9.25. The summed E-state index contributed by atoms with van der Waals surface area (Å²) in [5, 5.41) is 3.58. The predicted octanol–water partition coefficient (Wildman–Crippen LogP) is 11.5. The molecule has 1 aliphatic rings. The van der Waals surface area contributed by atoms with E-state index in [-0.39, 0.29) is 5.56 Å². The molecule has 0 spiro atoms. The van der Waals surface area contributed by atoms with Crippen molar-refractivity contribution in [2.45, 2.75) is 19.3 Å². The minimum Gasteiger partial charge on any atom is -0.309 e. The van der Waals surface area contributed by atoms with Gasteiger partial charge in [0.2, 0.25) is 5.82 Å². The molecule has 2 nitrogen and oxygen atoms in total. The highest BCUT2D eigenvalue weighted by molar-refractivity contribution is 6.16. The van der Waals surface area contributed by atoms with Gasteiger partial charge in [-0.15, -0.1) is 0 Å². The molecule has 0 unspecified atom stereocenters. The van der Waals surface area contributed by atoms with Gasteiger partial charge in [-0.1, -0.05) is 56.3 Å². The maximum absolute atomic E-state index is 14.9. The number of rotatable bonds is 5. The lowest BCUT2D eigenvalue weighted by atomic mass is 9.80. The first-order valence-corrected chi connectivity index (χ1v) is 15.1. The highest BCUT2D eigenvalue weighted by atomic mass is 19.2. The molecule has 0 bridgehead atoms. The molecule has 0 saturated carbocycles. The van der Waals surface area contributed by atoms with Gasteiger partial charge in [-0.3, -0.25) is 4.98 Å².